The average molecular weight is 296 g/mol. The van der Waals surface area contributed by atoms with Crippen LogP contribution in [0.4, 0.5) is 10.6 Å². The number of benzene rings is 1. The highest BCUT2D eigenvalue weighted by Crippen LogP contribution is 2.41. The molecule has 2 amide bonds. The molecule has 5 heteroatoms. The summed E-state index contributed by atoms with van der Waals surface area (Å²) in [5, 5.41) is 7.41. The van der Waals surface area contributed by atoms with Gasteiger partial charge in [-0.1, -0.05) is 30.3 Å². The summed E-state index contributed by atoms with van der Waals surface area (Å²) in [6.45, 7) is 0.862. The second-order valence-electron chi connectivity index (χ2n) is 6.25. The number of carbonyl (C=O) groups is 1. The molecule has 1 saturated carbocycles. The predicted octanol–water partition coefficient (Wildman–Crippen LogP) is 3.10. The second-order valence-corrected chi connectivity index (χ2v) is 6.25. The molecule has 1 atom stereocenters. The second kappa shape index (κ2) is 5.16. The monoisotopic (exact) mass is 296 g/mol. The van der Waals surface area contributed by atoms with Crippen LogP contribution in [0.25, 0.3) is 11.1 Å². The Balaban J connectivity index is 1.54. The Morgan fingerprint density at radius 1 is 1.23 bits per heavy atom. The molecule has 1 saturated heterocycles. The van der Waals surface area contributed by atoms with Gasteiger partial charge in [0, 0.05) is 31.4 Å². The van der Waals surface area contributed by atoms with Gasteiger partial charge in [-0.15, -0.1) is 0 Å². The Bertz CT molecular complexity index is 690. The lowest BCUT2D eigenvalue weighted by atomic mass is 9.99. The van der Waals surface area contributed by atoms with E-state index in [9.17, 15) is 4.79 Å². The zero-order valence-corrected chi connectivity index (χ0v) is 12.7. The van der Waals surface area contributed by atoms with Crippen LogP contribution in [0.1, 0.15) is 19.3 Å². The third-order valence-electron chi connectivity index (χ3n) is 4.63. The molecule has 1 aliphatic heterocycles. The molecule has 2 aromatic rings. The van der Waals surface area contributed by atoms with Gasteiger partial charge in [-0.2, -0.15) is 5.10 Å². The summed E-state index contributed by atoms with van der Waals surface area (Å²) in [5.74, 6) is 1.37. The first-order valence-electron chi connectivity index (χ1n) is 7.89. The van der Waals surface area contributed by atoms with E-state index in [0.29, 0.717) is 11.9 Å². The number of aryl methyl sites for hydroxylation is 1. The van der Waals surface area contributed by atoms with Crippen LogP contribution in [0.2, 0.25) is 0 Å². The highest BCUT2D eigenvalue weighted by molar-refractivity contribution is 5.93. The molecule has 1 aromatic carbocycles. The zero-order chi connectivity index (χ0) is 15.1. The lowest BCUT2D eigenvalue weighted by molar-refractivity contribution is 0.111. The maximum absolute atomic E-state index is 12.5. The van der Waals surface area contributed by atoms with Gasteiger partial charge < -0.3 is 4.90 Å². The van der Waals surface area contributed by atoms with Gasteiger partial charge >= 0.3 is 6.03 Å². The summed E-state index contributed by atoms with van der Waals surface area (Å²) < 4.78 is 1.74. The van der Waals surface area contributed by atoms with Crippen molar-refractivity contribution < 1.29 is 4.79 Å². The number of hydrogen-bond donors (Lipinski definition) is 1. The number of nitrogens with zero attached hydrogens (tertiary/aromatic N) is 3. The minimum atomic E-state index is -0.0148. The first-order valence-corrected chi connectivity index (χ1v) is 7.89. The van der Waals surface area contributed by atoms with E-state index >= 15 is 0 Å². The van der Waals surface area contributed by atoms with Gasteiger partial charge in [0.1, 0.15) is 0 Å². The van der Waals surface area contributed by atoms with Crippen molar-refractivity contribution in [2.75, 3.05) is 11.9 Å². The van der Waals surface area contributed by atoms with Crippen molar-refractivity contribution in [1.82, 2.24) is 14.7 Å². The SMILES string of the molecule is Cn1cc(-c2ccccc2)c(NC(=O)N2CCC2C2CC2)n1. The van der Waals surface area contributed by atoms with E-state index in [1.807, 2.05) is 48.5 Å². The molecule has 2 heterocycles. The van der Waals surface area contributed by atoms with Crippen LogP contribution in [0.5, 0.6) is 0 Å². The maximum atomic E-state index is 12.5. The average Bonchev–Trinajstić information content (AvgIpc) is 3.21. The third-order valence-corrected chi connectivity index (χ3v) is 4.63. The fraction of sp³-hybridized carbons (Fsp3) is 0.412. The molecule has 1 unspecified atom stereocenters. The lowest BCUT2D eigenvalue weighted by Crippen LogP contribution is -2.53. The number of amides is 2. The van der Waals surface area contributed by atoms with Crippen LogP contribution in [0, 0.1) is 5.92 Å². The molecule has 1 N–H and O–H groups in total. The summed E-state index contributed by atoms with van der Waals surface area (Å²) in [6, 6.07) is 10.5. The number of urea groups is 1. The Labute approximate surface area is 129 Å². The molecule has 1 aliphatic carbocycles. The number of anilines is 1. The number of nitrogens with one attached hydrogen (secondary N) is 1. The predicted molar refractivity (Wildman–Crippen MR) is 85.5 cm³/mol. The van der Waals surface area contributed by atoms with E-state index < -0.39 is 0 Å². The van der Waals surface area contributed by atoms with Gasteiger partial charge in [-0.25, -0.2) is 4.79 Å². The van der Waals surface area contributed by atoms with Crippen LogP contribution in [0.3, 0.4) is 0 Å². The Morgan fingerprint density at radius 2 is 2.00 bits per heavy atom. The van der Waals surface area contributed by atoms with E-state index in [-0.39, 0.29) is 6.03 Å². The van der Waals surface area contributed by atoms with Crippen molar-refractivity contribution in [3.8, 4) is 11.1 Å². The van der Waals surface area contributed by atoms with E-state index in [1.54, 1.807) is 4.68 Å². The molecule has 2 aliphatic rings. The molecule has 2 fully saturated rings. The molecule has 0 radical (unpaired) electrons. The first kappa shape index (κ1) is 13.4. The van der Waals surface area contributed by atoms with Crippen LogP contribution >= 0.6 is 0 Å². The molecule has 0 bridgehead atoms. The number of carbonyl (C=O) groups excluding carboxylic acids is 1. The fourth-order valence-electron chi connectivity index (χ4n) is 3.21. The van der Waals surface area contributed by atoms with Crippen LogP contribution < -0.4 is 5.32 Å². The standard InChI is InChI=1S/C17H20N4O/c1-20-11-14(12-5-3-2-4-6-12)16(19-20)18-17(22)21-10-9-15(21)13-7-8-13/h2-6,11,13,15H,7-10H2,1H3,(H,18,19,22). The quantitative estimate of drug-likeness (QED) is 0.946. The lowest BCUT2D eigenvalue weighted by Gasteiger charge is -2.41. The minimum Gasteiger partial charge on any atom is -0.321 e. The van der Waals surface area contributed by atoms with Crippen molar-refractivity contribution in [3.63, 3.8) is 0 Å². The number of aromatic nitrogens is 2. The van der Waals surface area contributed by atoms with Crippen molar-refractivity contribution in [2.45, 2.75) is 25.3 Å². The number of rotatable bonds is 3. The Hall–Kier alpha value is -2.30. The summed E-state index contributed by atoms with van der Waals surface area (Å²) in [6.07, 6.45) is 5.63. The van der Waals surface area contributed by atoms with Gasteiger partial charge in [0.2, 0.25) is 0 Å². The van der Waals surface area contributed by atoms with Gasteiger partial charge in [0.15, 0.2) is 5.82 Å². The smallest absolute Gasteiger partial charge is 0.321 e. The van der Waals surface area contributed by atoms with Crippen LogP contribution in [-0.4, -0.2) is 33.3 Å². The molecule has 5 nitrogen and oxygen atoms in total. The minimum absolute atomic E-state index is 0.0148. The van der Waals surface area contributed by atoms with E-state index in [2.05, 4.69) is 10.4 Å². The Kier molecular flexibility index (Phi) is 3.13. The normalized spacial score (nSPS) is 20.6. The third kappa shape index (κ3) is 2.36. The van der Waals surface area contributed by atoms with Gasteiger partial charge in [0.05, 0.1) is 0 Å². The molecule has 4 rings (SSSR count). The molecule has 1 aromatic heterocycles. The van der Waals surface area contributed by atoms with Crippen molar-refractivity contribution in [1.29, 1.82) is 0 Å². The highest BCUT2D eigenvalue weighted by atomic mass is 16.2. The van der Waals surface area contributed by atoms with Gasteiger partial charge in [0.25, 0.3) is 0 Å². The molecule has 22 heavy (non-hydrogen) atoms. The maximum Gasteiger partial charge on any atom is 0.323 e. The summed E-state index contributed by atoms with van der Waals surface area (Å²) in [7, 11) is 1.87. The largest absolute Gasteiger partial charge is 0.323 e. The van der Waals surface area contributed by atoms with E-state index in [1.165, 1.54) is 12.8 Å². The van der Waals surface area contributed by atoms with Crippen LogP contribution in [-0.2, 0) is 7.05 Å². The highest BCUT2D eigenvalue weighted by Gasteiger charge is 2.43. The summed E-state index contributed by atoms with van der Waals surface area (Å²) >= 11 is 0. The van der Waals surface area contributed by atoms with Gasteiger partial charge in [-0.3, -0.25) is 10.00 Å². The van der Waals surface area contributed by atoms with Crippen molar-refractivity contribution in [2.24, 2.45) is 13.0 Å². The topological polar surface area (TPSA) is 50.2 Å². The molecular formula is C17H20N4O. The molecular weight excluding hydrogens is 276 g/mol. The summed E-state index contributed by atoms with van der Waals surface area (Å²) in [4.78, 5) is 14.5. The van der Waals surface area contributed by atoms with E-state index in [0.717, 1.165) is 30.0 Å². The van der Waals surface area contributed by atoms with Crippen molar-refractivity contribution in [3.05, 3.63) is 36.5 Å². The molecule has 114 valence electrons. The van der Waals surface area contributed by atoms with Crippen molar-refractivity contribution >= 4 is 11.8 Å². The Morgan fingerprint density at radius 3 is 2.64 bits per heavy atom. The number of likely N-dealkylation sites (tertiary alicyclic amines) is 1. The van der Waals surface area contributed by atoms with Crippen LogP contribution in [0.15, 0.2) is 36.5 Å². The molecule has 0 spiro atoms. The van der Waals surface area contributed by atoms with E-state index in [4.69, 9.17) is 0 Å². The van der Waals surface area contributed by atoms with Gasteiger partial charge in [-0.05, 0) is 30.7 Å². The zero-order valence-electron chi connectivity index (χ0n) is 12.7. The summed E-state index contributed by atoms with van der Waals surface area (Å²) in [5.41, 5.74) is 2.02. The number of hydrogen-bond acceptors (Lipinski definition) is 2. The first-order chi connectivity index (χ1) is 10.7. The fourth-order valence-corrected chi connectivity index (χ4v) is 3.21.